The molecule has 18 heavy (non-hydrogen) atoms. The Balaban J connectivity index is 1.62. The van der Waals surface area contributed by atoms with E-state index in [1.54, 1.807) is 0 Å². The average Bonchev–Trinajstić information content (AvgIpc) is 2.77. The van der Waals surface area contributed by atoms with Gasteiger partial charge < -0.3 is 5.32 Å². The standard InChI is InChI=1S/C16H26N2/c1-3-17-14(2)8-6-7-11-18-12-15-9-4-5-10-16(15)13-18/h4-5,9-10,14,17H,3,6-8,11-13H2,1-2H3. The van der Waals surface area contributed by atoms with Crippen molar-refractivity contribution in [3.63, 3.8) is 0 Å². The molecule has 0 aromatic heterocycles. The Bertz CT molecular complexity index is 337. The number of hydrogen-bond acceptors (Lipinski definition) is 2. The average molecular weight is 246 g/mol. The molecule has 0 saturated heterocycles. The van der Waals surface area contributed by atoms with Crippen molar-refractivity contribution in [2.45, 2.75) is 52.2 Å². The van der Waals surface area contributed by atoms with Crippen LogP contribution in [0.4, 0.5) is 0 Å². The highest BCUT2D eigenvalue weighted by molar-refractivity contribution is 5.30. The lowest BCUT2D eigenvalue weighted by atomic mass is 10.1. The lowest BCUT2D eigenvalue weighted by Gasteiger charge is -2.16. The topological polar surface area (TPSA) is 15.3 Å². The van der Waals surface area contributed by atoms with Gasteiger partial charge in [0.25, 0.3) is 0 Å². The number of fused-ring (bicyclic) bond motifs is 1. The summed E-state index contributed by atoms with van der Waals surface area (Å²) in [7, 11) is 0. The van der Waals surface area contributed by atoms with Gasteiger partial charge >= 0.3 is 0 Å². The van der Waals surface area contributed by atoms with Crippen molar-refractivity contribution >= 4 is 0 Å². The fraction of sp³-hybridized carbons (Fsp3) is 0.625. The number of unbranched alkanes of at least 4 members (excludes halogenated alkanes) is 1. The molecule has 2 heteroatoms. The van der Waals surface area contributed by atoms with E-state index in [0.29, 0.717) is 6.04 Å². The van der Waals surface area contributed by atoms with Crippen LogP contribution in [0, 0.1) is 0 Å². The summed E-state index contributed by atoms with van der Waals surface area (Å²) in [6.45, 7) is 9.10. The summed E-state index contributed by atoms with van der Waals surface area (Å²) in [6.07, 6.45) is 3.96. The van der Waals surface area contributed by atoms with E-state index in [9.17, 15) is 0 Å². The van der Waals surface area contributed by atoms with Gasteiger partial charge in [0.2, 0.25) is 0 Å². The second-order valence-corrected chi connectivity index (χ2v) is 5.43. The minimum atomic E-state index is 0.672. The summed E-state index contributed by atoms with van der Waals surface area (Å²) in [4.78, 5) is 2.57. The fourth-order valence-corrected chi connectivity index (χ4v) is 2.80. The summed E-state index contributed by atoms with van der Waals surface area (Å²) in [5, 5.41) is 3.47. The molecule has 1 unspecified atom stereocenters. The maximum atomic E-state index is 3.47. The van der Waals surface area contributed by atoms with Crippen molar-refractivity contribution in [3.05, 3.63) is 35.4 Å². The van der Waals surface area contributed by atoms with Gasteiger partial charge in [-0.3, -0.25) is 4.90 Å². The van der Waals surface area contributed by atoms with Crippen molar-refractivity contribution in [3.8, 4) is 0 Å². The molecule has 1 aliphatic heterocycles. The van der Waals surface area contributed by atoms with Crippen LogP contribution in [0.25, 0.3) is 0 Å². The van der Waals surface area contributed by atoms with Gasteiger partial charge in [0.1, 0.15) is 0 Å². The van der Waals surface area contributed by atoms with E-state index >= 15 is 0 Å². The van der Waals surface area contributed by atoms with Gasteiger partial charge in [-0.05, 0) is 44.0 Å². The normalized spacial score (nSPS) is 16.8. The van der Waals surface area contributed by atoms with Crippen LogP contribution in [0.15, 0.2) is 24.3 Å². The molecule has 0 saturated carbocycles. The quantitative estimate of drug-likeness (QED) is 0.743. The number of benzene rings is 1. The highest BCUT2D eigenvalue weighted by atomic mass is 15.1. The van der Waals surface area contributed by atoms with Gasteiger partial charge in [0, 0.05) is 19.1 Å². The number of hydrogen-bond donors (Lipinski definition) is 1. The van der Waals surface area contributed by atoms with Crippen molar-refractivity contribution in [1.29, 1.82) is 0 Å². The van der Waals surface area contributed by atoms with Gasteiger partial charge in [-0.25, -0.2) is 0 Å². The third kappa shape index (κ3) is 3.82. The number of nitrogens with zero attached hydrogens (tertiary/aromatic N) is 1. The molecule has 0 aliphatic carbocycles. The smallest absolute Gasteiger partial charge is 0.0240 e. The Morgan fingerprint density at radius 1 is 1.17 bits per heavy atom. The van der Waals surface area contributed by atoms with Crippen molar-refractivity contribution in [1.82, 2.24) is 10.2 Å². The van der Waals surface area contributed by atoms with Crippen molar-refractivity contribution in [2.24, 2.45) is 0 Å². The minimum absolute atomic E-state index is 0.672. The molecule has 1 atom stereocenters. The summed E-state index contributed by atoms with van der Waals surface area (Å²) >= 11 is 0. The largest absolute Gasteiger partial charge is 0.315 e. The maximum absolute atomic E-state index is 3.47. The van der Waals surface area contributed by atoms with E-state index in [2.05, 4.69) is 48.3 Å². The second kappa shape index (κ2) is 6.91. The second-order valence-electron chi connectivity index (χ2n) is 5.43. The summed E-state index contributed by atoms with van der Waals surface area (Å²) < 4.78 is 0. The molecule has 0 amide bonds. The van der Waals surface area contributed by atoms with E-state index in [0.717, 1.165) is 19.6 Å². The Labute approximate surface area is 111 Å². The van der Waals surface area contributed by atoms with Crippen molar-refractivity contribution < 1.29 is 0 Å². The summed E-state index contributed by atoms with van der Waals surface area (Å²) in [5.74, 6) is 0. The van der Waals surface area contributed by atoms with Gasteiger partial charge in [-0.2, -0.15) is 0 Å². The Kier molecular flexibility index (Phi) is 5.21. The fourth-order valence-electron chi connectivity index (χ4n) is 2.80. The van der Waals surface area contributed by atoms with Gasteiger partial charge in [-0.1, -0.05) is 37.6 Å². The van der Waals surface area contributed by atoms with Crippen LogP contribution in [-0.2, 0) is 13.1 Å². The molecule has 1 heterocycles. The molecule has 1 N–H and O–H groups in total. The third-order valence-electron chi connectivity index (χ3n) is 3.82. The van der Waals surface area contributed by atoms with Crippen LogP contribution in [0.2, 0.25) is 0 Å². The van der Waals surface area contributed by atoms with Crippen LogP contribution in [0.3, 0.4) is 0 Å². The van der Waals surface area contributed by atoms with Crippen LogP contribution in [0.1, 0.15) is 44.2 Å². The van der Waals surface area contributed by atoms with E-state index in [1.165, 1.54) is 36.9 Å². The molecule has 2 rings (SSSR count). The molecular weight excluding hydrogens is 220 g/mol. The molecule has 100 valence electrons. The molecule has 1 aromatic rings. The molecule has 0 radical (unpaired) electrons. The Morgan fingerprint density at radius 3 is 2.44 bits per heavy atom. The van der Waals surface area contributed by atoms with Gasteiger partial charge in [0.15, 0.2) is 0 Å². The number of nitrogens with one attached hydrogen (secondary N) is 1. The third-order valence-corrected chi connectivity index (χ3v) is 3.82. The van der Waals surface area contributed by atoms with Crippen LogP contribution >= 0.6 is 0 Å². The highest BCUT2D eigenvalue weighted by Gasteiger charge is 2.17. The van der Waals surface area contributed by atoms with E-state index in [1.807, 2.05) is 0 Å². The molecule has 0 spiro atoms. The Hall–Kier alpha value is -0.860. The molecule has 1 aliphatic rings. The van der Waals surface area contributed by atoms with Gasteiger partial charge in [0.05, 0.1) is 0 Å². The molecule has 0 fully saturated rings. The molecule has 0 bridgehead atoms. The lowest BCUT2D eigenvalue weighted by molar-refractivity contribution is 0.274. The predicted octanol–water partition coefficient (Wildman–Crippen LogP) is 3.17. The maximum Gasteiger partial charge on any atom is 0.0240 e. The lowest BCUT2D eigenvalue weighted by Crippen LogP contribution is -2.25. The zero-order chi connectivity index (χ0) is 12.8. The van der Waals surface area contributed by atoms with Crippen molar-refractivity contribution in [2.75, 3.05) is 13.1 Å². The summed E-state index contributed by atoms with van der Waals surface area (Å²) in [6, 6.07) is 9.51. The molecular formula is C16H26N2. The van der Waals surface area contributed by atoms with Crippen LogP contribution in [-0.4, -0.2) is 24.0 Å². The van der Waals surface area contributed by atoms with E-state index < -0.39 is 0 Å². The van der Waals surface area contributed by atoms with E-state index in [-0.39, 0.29) is 0 Å². The number of rotatable bonds is 7. The highest BCUT2D eigenvalue weighted by Crippen LogP contribution is 2.22. The predicted molar refractivity (Wildman–Crippen MR) is 77.5 cm³/mol. The van der Waals surface area contributed by atoms with Crippen LogP contribution < -0.4 is 5.32 Å². The van der Waals surface area contributed by atoms with Gasteiger partial charge in [-0.15, -0.1) is 0 Å². The molecule has 1 aromatic carbocycles. The van der Waals surface area contributed by atoms with E-state index in [4.69, 9.17) is 0 Å². The zero-order valence-corrected chi connectivity index (χ0v) is 11.8. The SMILES string of the molecule is CCNC(C)CCCCN1Cc2ccccc2C1. The summed E-state index contributed by atoms with van der Waals surface area (Å²) in [5.41, 5.74) is 3.05. The monoisotopic (exact) mass is 246 g/mol. The first-order valence-corrected chi connectivity index (χ1v) is 7.32. The first-order valence-electron chi connectivity index (χ1n) is 7.32. The minimum Gasteiger partial charge on any atom is -0.315 e. The van der Waals surface area contributed by atoms with Crippen LogP contribution in [0.5, 0.6) is 0 Å². The zero-order valence-electron chi connectivity index (χ0n) is 11.8. The Morgan fingerprint density at radius 2 is 1.83 bits per heavy atom. The molecule has 2 nitrogen and oxygen atoms in total. The first kappa shape index (κ1) is 13.6. The first-order chi connectivity index (χ1) is 8.79.